The maximum absolute atomic E-state index is 14.1. The monoisotopic (exact) mass is 328 g/mol. The normalized spacial score (nSPS) is 16.8. The Labute approximate surface area is 130 Å². The molecule has 0 radical (unpaired) electrons. The molecule has 1 aliphatic rings. The number of methoxy groups -OCH3 is 1. The molecule has 0 saturated carbocycles. The van der Waals surface area contributed by atoms with Crippen molar-refractivity contribution in [2.45, 2.75) is 6.04 Å². The Morgan fingerprint density at radius 3 is 2.50 bits per heavy atom. The lowest BCUT2D eigenvalue weighted by Gasteiger charge is -2.33. The molecule has 1 atom stereocenters. The first kappa shape index (κ1) is 19.4. The van der Waals surface area contributed by atoms with Crippen LogP contribution in [0.5, 0.6) is 5.75 Å². The van der Waals surface area contributed by atoms with E-state index in [0.717, 1.165) is 26.2 Å². The van der Waals surface area contributed by atoms with E-state index >= 15 is 0 Å². The molecule has 0 bridgehead atoms. The fourth-order valence-corrected chi connectivity index (χ4v) is 2.31. The van der Waals surface area contributed by atoms with Crippen LogP contribution in [0.4, 0.5) is 8.78 Å². The first-order valence-electron chi connectivity index (χ1n) is 6.11. The fraction of sp³-hybridized carbons (Fsp3) is 0.538. The molecule has 20 heavy (non-hydrogen) atoms. The Morgan fingerprint density at radius 1 is 1.30 bits per heavy atom. The summed E-state index contributed by atoms with van der Waals surface area (Å²) in [4.78, 5) is 1.97. The predicted octanol–water partition coefficient (Wildman–Crippen LogP) is 2.59. The molecule has 0 aromatic heterocycles. The molecule has 116 valence electrons. The topological polar surface area (TPSA) is 24.5 Å². The number of hydrogen-bond acceptors (Lipinski definition) is 3. The van der Waals surface area contributed by atoms with Crippen molar-refractivity contribution in [2.75, 3.05) is 40.0 Å². The van der Waals surface area contributed by atoms with E-state index in [2.05, 4.69) is 5.32 Å². The Bertz CT molecular complexity index is 404. The summed E-state index contributed by atoms with van der Waals surface area (Å²) in [5.41, 5.74) is 0.374. The summed E-state index contributed by atoms with van der Waals surface area (Å²) in [6.07, 6.45) is 0. The highest BCUT2D eigenvalue weighted by molar-refractivity contribution is 5.85. The third-order valence-electron chi connectivity index (χ3n) is 3.31. The van der Waals surface area contributed by atoms with Gasteiger partial charge in [-0.15, -0.1) is 24.8 Å². The first-order chi connectivity index (χ1) is 8.77. The van der Waals surface area contributed by atoms with E-state index in [1.165, 1.54) is 7.11 Å². The third-order valence-corrected chi connectivity index (χ3v) is 3.31. The molecule has 1 aromatic carbocycles. The van der Waals surface area contributed by atoms with Gasteiger partial charge in [-0.25, -0.2) is 8.78 Å². The molecule has 0 unspecified atom stereocenters. The standard InChI is InChI=1S/C13H18F2N2O.2ClH/c1-18-12-4-2-3-10(13(12)15)11(9-14)17-7-5-16-6-8-17;;/h2-4,11,16H,5-9H2,1H3;2*1H/t11-;;/m0../s1. The quantitative estimate of drug-likeness (QED) is 0.919. The molecule has 2 rings (SSSR count). The number of alkyl halides is 1. The summed E-state index contributed by atoms with van der Waals surface area (Å²) in [5, 5.41) is 3.20. The number of benzene rings is 1. The van der Waals surface area contributed by atoms with E-state index in [1.807, 2.05) is 4.90 Å². The van der Waals surface area contributed by atoms with Crippen LogP contribution in [0.3, 0.4) is 0 Å². The van der Waals surface area contributed by atoms with Crippen LogP contribution in [0.1, 0.15) is 11.6 Å². The van der Waals surface area contributed by atoms with Crippen LogP contribution in [0.25, 0.3) is 0 Å². The zero-order chi connectivity index (χ0) is 13.0. The van der Waals surface area contributed by atoms with Crippen LogP contribution in [-0.2, 0) is 0 Å². The lowest BCUT2D eigenvalue weighted by atomic mass is 10.0. The number of nitrogens with zero attached hydrogens (tertiary/aromatic N) is 1. The number of nitrogens with one attached hydrogen (secondary N) is 1. The SMILES string of the molecule is COc1cccc([C@H](CF)N2CCNCC2)c1F.Cl.Cl. The van der Waals surface area contributed by atoms with Crippen LogP contribution >= 0.6 is 24.8 Å². The summed E-state index contributed by atoms with van der Waals surface area (Å²) < 4.78 is 32.3. The van der Waals surface area contributed by atoms with Crippen molar-refractivity contribution in [3.05, 3.63) is 29.6 Å². The van der Waals surface area contributed by atoms with Gasteiger partial charge in [0.2, 0.25) is 0 Å². The summed E-state index contributed by atoms with van der Waals surface area (Å²) in [6.45, 7) is 2.48. The van der Waals surface area contributed by atoms with Gasteiger partial charge in [0.25, 0.3) is 0 Å². The summed E-state index contributed by atoms with van der Waals surface area (Å²) >= 11 is 0. The average Bonchev–Trinajstić information content (AvgIpc) is 2.43. The van der Waals surface area contributed by atoms with Crippen LogP contribution in [0.15, 0.2) is 18.2 Å². The Hall–Kier alpha value is -0.620. The van der Waals surface area contributed by atoms with E-state index in [4.69, 9.17) is 4.74 Å². The zero-order valence-corrected chi connectivity index (χ0v) is 12.9. The molecule has 0 aliphatic carbocycles. The van der Waals surface area contributed by atoms with Crippen molar-refractivity contribution in [1.82, 2.24) is 10.2 Å². The molecule has 1 fully saturated rings. The molecule has 1 heterocycles. The lowest BCUT2D eigenvalue weighted by molar-refractivity contribution is 0.144. The van der Waals surface area contributed by atoms with E-state index in [0.29, 0.717) is 5.56 Å². The second-order valence-electron chi connectivity index (χ2n) is 4.32. The zero-order valence-electron chi connectivity index (χ0n) is 11.3. The minimum atomic E-state index is -0.593. The van der Waals surface area contributed by atoms with E-state index in [1.54, 1.807) is 18.2 Å². The van der Waals surface area contributed by atoms with Crippen LogP contribution < -0.4 is 10.1 Å². The molecular weight excluding hydrogens is 309 g/mol. The Balaban J connectivity index is 0.00000180. The summed E-state index contributed by atoms with van der Waals surface area (Å²) in [5.74, 6) is -0.290. The van der Waals surface area contributed by atoms with Crippen molar-refractivity contribution in [3.63, 3.8) is 0 Å². The van der Waals surface area contributed by atoms with Crippen molar-refractivity contribution in [3.8, 4) is 5.75 Å². The highest BCUT2D eigenvalue weighted by Crippen LogP contribution is 2.29. The van der Waals surface area contributed by atoms with Gasteiger partial charge in [0.15, 0.2) is 11.6 Å². The third kappa shape index (κ3) is 4.19. The van der Waals surface area contributed by atoms with Crippen LogP contribution in [0.2, 0.25) is 0 Å². The molecule has 1 saturated heterocycles. The number of halogens is 4. The van der Waals surface area contributed by atoms with Gasteiger partial charge in [0.1, 0.15) is 6.67 Å². The molecule has 7 heteroatoms. The van der Waals surface area contributed by atoms with Crippen molar-refractivity contribution >= 4 is 24.8 Å². The molecule has 1 aromatic rings. The van der Waals surface area contributed by atoms with Gasteiger partial charge in [-0.2, -0.15) is 0 Å². The summed E-state index contributed by atoms with van der Waals surface area (Å²) in [7, 11) is 1.41. The van der Waals surface area contributed by atoms with E-state index in [-0.39, 0.29) is 30.6 Å². The highest BCUT2D eigenvalue weighted by atomic mass is 35.5. The van der Waals surface area contributed by atoms with Gasteiger partial charge in [-0.3, -0.25) is 4.90 Å². The van der Waals surface area contributed by atoms with Crippen molar-refractivity contribution < 1.29 is 13.5 Å². The first-order valence-corrected chi connectivity index (χ1v) is 6.11. The van der Waals surface area contributed by atoms with Crippen molar-refractivity contribution in [2.24, 2.45) is 0 Å². The van der Waals surface area contributed by atoms with Gasteiger partial charge in [0.05, 0.1) is 13.2 Å². The molecule has 0 amide bonds. The van der Waals surface area contributed by atoms with Gasteiger partial charge < -0.3 is 10.1 Å². The fourth-order valence-electron chi connectivity index (χ4n) is 2.31. The molecule has 1 aliphatic heterocycles. The molecule has 3 nitrogen and oxygen atoms in total. The van der Waals surface area contributed by atoms with Crippen LogP contribution in [0, 0.1) is 5.82 Å². The van der Waals surface area contributed by atoms with E-state index in [9.17, 15) is 8.78 Å². The average molecular weight is 329 g/mol. The minimum Gasteiger partial charge on any atom is -0.494 e. The number of ether oxygens (including phenoxy) is 1. The second kappa shape index (κ2) is 9.34. The Morgan fingerprint density at radius 2 is 1.95 bits per heavy atom. The lowest BCUT2D eigenvalue weighted by Crippen LogP contribution is -2.45. The van der Waals surface area contributed by atoms with E-state index < -0.39 is 18.5 Å². The molecule has 0 spiro atoms. The van der Waals surface area contributed by atoms with Gasteiger partial charge >= 0.3 is 0 Å². The maximum atomic E-state index is 14.1. The molecule has 1 N–H and O–H groups in total. The van der Waals surface area contributed by atoms with Crippen molar-refractivity contribution in [1.29, 1.82) is 0 Å². The predicted molar refractivity (Wildman–Crippen MR) is 80.6 cm³/mol. The van der Waals surface area contributed by atoms with Gasteiger partial charge in [-0.05, 0) is 6.07 Å². The number of rotatable bonds is 4. The second-order valence-corrected chi connectivity index (χ2v) is 4.32. The summed E-state index contributed by atoms with van der Waals surface area (Å²) in [6, 6.07) is 4.35. The smallest absolute Gasteiger partial charge is 0.169 e. The number of hydrogen-bond donors (Lipinski definition) is 1. The van der Waals surface area contributed by atoms with Crippen LogP contribution in [-0.4, -0.2) is 44.9 Å². The molecular formula is C13H20Cl2F2N2O. The number of piperazine rings is 1. The maximum Gasteiger partial charge on any atom is 0.169 e. The largest absolute Gasteiger partial charge is 0.494 e. The highest BCUT2D eigenvalue weighted by Gasteiger charge is 2.25. The Kier molecular flexibility index (Phi) is 9.05. The van der Waals surface area contributed by atoms with Gasteiger partial charge in [0, 0.05) is 31.7 Å². The van der Waals surface area contributed by atoms with Gasteiger partial charge in [-0.1, -0.05) is 12.1 Å². The minimum absolute atomic E-state index is 0.